The lowest BCUT2D eigenvalue weighted by molar-refractivity contribution is -0.119. The van der Waals surface area contributed by atoms with E-state index in [-0.39, 0.29) is 22.3 Å². The minimum absolute atomic E-state index is 0.0116. The molecule has 2 aromatic rings. The van der Waals surface area contributed by atoms with Gasteiger partial charge in [0.1, 0.15) is 23.0 Å². The van der Waals surface area contributed by atoms with Gasteiger partial charge < -0.3 is 20.1 Å². The minimum Gasteiger partial charge on any atom is -0.507 e. The van der Waals surface area contributed by atoms with E-state index in [1.165, 1.54) is 19.2 Å². The number of phenols is 2. The molecule has 0 aromatic heterocycles. The number of benzene rings is 2. The van der Waals surface area contributed by atoms with Crippen LogP contribution in [0.2, 0.25) is 0 Å². The van der Waals surface area contributed by atoms with Gasteiger partial charge in [0.2, 0.25) is 11.6 Å². The van der Waals surface area contributed by atoms with Crippen LogP contribution in [0.15, 0.2) is 12.1 Å². The SMILES string of the molecule is COc1cc(O)c2c3c(c(O)cc(C)c13)C(=O)[C@@](O)(CC(C)=O)C2=O. The number of rotatable bonds is 3. The van der Waals surface area contributed by atoms with E-state index in [4.69, 9.17) is 4.74 Å². The van der Waals surface area contributed by atoms with Crippen LogP contribution in [0.4, 0.5) is 0 Å². The van der Waals surface area contributed by atoms with Crippen LogP contribution in [0.3, 0.4) is 0 Å². The van der Waals surface area contributed by atoms with Crippen molar-refractivity contribution in [3.05, 3.63) is 28.8 Å². The Labute approximate surface area is 142 Å². The Kier molecular flexibility index (Phi) is 3.58. The van der Waals surface area contributed by atoms with E-state index in [0.717, 1.165) is 6.92 Å². The molecule has 0 saturated carbocycles. The second-order valence-corrected chi connectivity index (χ2v) is 6.21. The first-order chi connectivity index (χ1) is 11.6. The highest BCUT2D eigenvalue weighted by Crippen LogP contribution is 2.47. The average molecular weight is 344 g/mol. The third-order valence-corrected chi connectivity index (χ3v) is 4.45. The Hall–Kier alpha value is -2.93. The zero-order valence-electron chi connectivity index (χ0n) is 13.8. The maximum Gasteiger partial charge on any atom is 0.207 e. The van der Waals surface area contributed by atoms with E-state index in [1.807, 2.05) is 0 Å². The largest absolute Gasteiger partial charge is 0.507 e. The number of carbonyl (C=O) groups is 3. The first kappa shape index (κ1) is 16.9. The highest BCUT2D eigenvalue weighted by Gasteiger charge is 2.52. The van der Waals surface area contributed by atoms with Crippen LogP contribution in [0.1, 0.15) is 39.6 Å². The maximum atomic E-state index is 12.8. The molecule has 3 rings (SSSR count). The fourth-order valence-electron chi connectivity index (χ4n) is 3.42. The van der Waals surface area contributed by atoms with E-state index in [0.29, 0.717) is 10.9 Å². The smallest absolute Gasteiger partial charge is 0.207 e. The molecule has 2 aromatic carbocycles. The minimum atomic E-state index is -2.66. The van der Waals surface area contributed by atoms with Gasteiger partial charge in [-0.15, -0.1) is 0 Å². The van der Waals surface area contributed by atoms with Crippen molar-refractivity contribution in [1.29, 1.82) is 0 Å². The molecule has 0 bridgehead atoms. The van der Waals surface area contributed by atoms with E-state index >= 15 is 0 Å². The van der Waals surface area contributed by atoms with Crippen LogP contribution in [-0.2, 0) is 4.79 Å². The van der Waals surface area contributed by atoms with Crippen LogP contribution in [-0.4, -0.2) is 45.4 Å². The molecule has 0 amide bonds. The third-order valence-electron chi connectivity index (χ3n) is 4.45. The number of aromatic hydroxyl groups is 2. The predicted molar refractivity (Wildman–Crippen MR) is 87.5 cm³/mol. The third kappa shape index (κ3) is 2.12. The van der Waals surface area contributed by atoms with Crippen molar-refractivity contribution in [2.24, 2.45) is 0 Å². The molecule has 1 aliphatic rings. The van der Waals surface area contributed by atoms with Crippen molar-refractivity contribution in [2.45, 2.75) is 25.9 Å². The van der Waals surface area contributed by atoms with Gasteiger partial charge in [0.25, 0.3) is 0 Å². The fraction of sp³-hybridized carbons (Fsp3) is 0.278. The maximum absolute atomic E-state index is 12.8. The Balaban J connectivity index is 2.53. The summed E-state index contributed by atoms with van der Waals surface area (Å²) < 4.78 is 5.21. The molecule has 1 atom stereocenters. The number of ketones is 3. The summed E-state index contributed by atoms with van der Waals surface area (Å²) in [6.07, 6.45) is -0.746. The van der Waals surface area contributed by atoms with Crippen molar-refractivity contribution in [2.75, 3.05) is 7.11 Å². The summed E-state index contributed by atoms with van der Waals surface area (Å²) in [6, 6.07) is 2.51. The average Bonchev–Trinajstić information content (AvgIpc) is 2.51. The lowest BCUT2D eigenvalue weighted by Gasteiger charge is -2.31. The molecule has 7 heteroatoms. The topological polar surface area (TPSA) is 121 Å². The van der Waals surface area contributed by atoms with E-state index in [1.54, 1.807) is 6.92 Å². The summed E-state index contributed by atoms with van der Waals surface area (Å²) in [6.45, 7) is 2.78. The quantitative estimate of drug-likeness (QED) is 0.724. The number of hydrogen-bond acceptors (Lipinski definition) is 7. The van der Waals surface area contributed by atoms with Crippen molar-refractivity contribution < 1.29 is 34.4 Å². The lowest BCUT2D eigenvalue weighted by atomic mass is 9.73. The van der Waals surface area contributed by atoms with Gasteiger partial charge in [-0.05, 0) is 25.5 Å². The highest BCUT2D eigenvalue weighted by molar-refractivity contribution is 6.36. The Morgan fingerprint density at radius 1 is 1.08 bits per heavy atom. The Bertz CT molecular complexity index is 949. The molecule has 130 valence electrons. The van der Waals surface area contributed by atoms with Crippen molar-refractivity contribution >= 4 is 28.1 Å². The Morgan fingerprint density at radius 2 is 1.60 bits per heavy atom. The number of aliphatic hydroxyl groups is 1. The van der Waals surface area contributed by atoms with E-state index in [9.17, 15) is 29.7 Å². The molecule has 1 aliphatic carbocycles. The van der Waals surface area contributed by atoms with Gasteiger partial charge in [-0.1, -0.05) is 0 Å². The number of hydrogen-bond donors (Lipinski definition) is 3. The summed E-state index contributed by atoms with van der Waals surface area (Å²) >= 11 is 0. The predicted octanol–water partition coefficient (Wildman–Crippen LogP) is 1.66. The number of methoxy groups -OCH3 is 1. The standard InChI is InChI=1S/C18H16O7/c1-7-4-9(20)13-15-12(7)11(25-3)5-10(21)14(15)17(23)18(24,16(13)22)6-8(2)19/h4-5,20-21,24H,6H2,1-3H3/t18-/m0/s1. The fourth-order valence-corrected chi connectivity index (χ4v) is 3.42. The molecule has 0 unspecified atom stereocenters. The normalized spacial score (nSPS) is 19.4. The van der Waals surface area contributed by atoms with Gasteiger partial charge in [0, 0.05) is 23.3 Å². The molecule has 0 spiro atoms. The molecule has 0 saturated heterocycles. The van der Waals surface area contributed by atoms with Crippen LogP contribution in [0, 0.1) is 6.92 Å². The second kappa shape index (κ2) is 5.29. The molecule has 25 heavy (non-hydrogen) atoms. The van der Waals surface area contributed by atoms with Gasteiger partial charge >= 0.3 is 0 Å². The van der Waals surface area contributed by atoms with Crippen molar-refractivity contribution in [3.63, 3.8) is 0 Å². The molecule has 3 N–H and O–H groups in total. The zero-order valence-corrected chi connectivity index (χ0v) is 13.8. The van der Waals surface area contributed by atoms with Crippen LogP contribution < -0.4 is 4.74 Å². The Morgan fingerprint density at radius 3 is 2.08 bits per heavy atom. The van der Waals surface area contributed by atoms with Gasteiger partial charge in [0.05, 0.1) is 18.2 Å². The molecular weight excluding hydrogens is 328 g/mol. The summed E-state index contributed by atoms with van der Waals surface area (Å²) in [7, 11) is 1.36. The monoisotopic (exact) mass is 344 g/mol. The highest BCUT2D eigenvalue weighted by atomic mass is 16.5. The summed E-state index contributed by atoms with van der Waals surface area (Å²) in [5, 5.41) is 31.6. The molecule has 0 aliphatic heterocycles. The molecular formula is C18H16O7. The van der Waals surface area contributed by atoms with E-state index < -0.39 is 40.9 Å². The van der Waals surface area contributed by atoms with Crippen molar-refractivity contribution in [1.82, 2.24) is 0 Å². The summed E-state index contributed by atoms with van der Waals surface area (Å²) in [5.41, 5.74) is -2.77. The van der Waals surface area contributed by atoms with E-state index in [2.05, 4.69) is 0 Å². The molecule has 0 heterocycles. The van der Waals surface area contributed by atoms with Crippen LogP contribution in [0.25, 0.3) is 10.8 Å². The van der Waals surface area contributed by atoms with Gasteiger partial charge in [-0.3, -0.25) is 14.4 Å². The van der Waals surface area contributed by atoms with Gasteiger partial charge in [-0.2, -0.15) is 0 Å². The number of aryl methyl sites for hydroxylation is 1. The second-order valence-electron chi connectivity index (χ2n) is 6.21. The lowest BCUT2D eigenvalue weighted by Crippen LogP contribution is -2.50. The number of phenolic OH excluding ortho intramolecular Hbond substituents is 2. The van der Waals surface area contributed by atoms with Gasteiger partial charge in [0.15, 0.2) is 5.60 Å². The molecule has 0 fully saturated rings. The summed E-state index contributed by atoms with van der Waals surface area (Å²) in [4.78, 5) is 37.1. The van der Waals surface area contributed by atoms with Crippen LogP contribution in [0.5, 0.6) is 17.2 Å². The zero-order chi connectivity index (χ0) is 18.7. The number of carbonyl (C=O) groups excluding carboxylic acids is 3. The molecule has 7 nitrogen and oxygen atoms in total. The number of Topliss-reactive ketones (excluding diaryl/α,β-unsaturated/α-hetero) is 3. The van der Waals surface area contributed by atoms with Crippen LogP contribution >= 0.6 is 0 Å². The first-order valence-electron chi connectivity index (χ1n) is 7.51. The van der Waals surface area contributed by atoms with Gasteiger partial charge in [-0.25, -0.2) is 0 Å². The van der Waals surface area contributed by atoms with Crippen molar-refractivity contribution in [3.8, 4) is 17.2 Å². The molecule has 0 radical (unpaired) electrons. The number of ether oxygens (including phenoxy) is 1. The first-order valence-corrected chi connectivity index (χ1v) is 7.51. The summed E-state index contributed by atoms with van der Waals surface area (Å²) in [5.74, 6) is -3.46.